The summed E-state index contributed by atoms with van der Waals surface area (Å²) in [7, 11) is 0. The molecule has 1 aromatic heterocycles. The summed E-state index contributed by atoms with van der Waals surface area (Å²) in [4.78, 5) is 9.80. The molecule has 124 valence electrons. The second kappa shape index (κ2) is 7.96. The highest BCUT2D eigenvalue weighted by molar-refractivity contribution is 5.41. The Labute approximate surface area is 136 Å². The van der Waals surface area contributed by atoms with Crippen LogP contribution in [0.2, 0.25) is 0 Å². The van der Waals surface area contributed by atoms with Gasteiger partial charge in [-0.25, -0.2) is 4.98 Å². The van der Waals surface area contributed by atoms with Crippen molar-refractivity contribution >= 4 is 5.82 Å². The van der Waals surface area contributed by atoms with Gasteiger partial charge in [0.2, 0.25) is 0 Å². The Hall–Kier alpha value is -1.09. The van der Waals surface area contributed by atoms with Crippen molar-refractivity contribution in [2.75, 3.05) is 18.0 Å². The fraction of sp³-hybridized carbons (Fsp3) is 0.737. The van der Waals surface area contributed by atoms with E-state index in [-0.39, 0.29) is 0 Å². The largest absolute Gasteiger partial charge is 0.352 e. The van der Waals surface area contributed by atoms with E-state index in [0.29, 0.717) is 18.1 Å². The summed E-state index contributed by atoms with van der Waals surface area (Å²) in [6, 6.07) is 6.05. The number of anilines is 1. The molecule has 1 aliphatic rings. The van der Waals surface area contributed by atoms with Crippen molar-refractivity contribution < 1.29 is 0 Å². The lowest BCUT2D eigenvalue weighted by Gasteiger charge is -2.32. The molecule has 1 saturated heterocycles. The Balaban J connectivity index is 2.11. The lowest BCUT2D eigenvalue weighted by molar-refractivity contribution is 0.253. The summed E-state index contributed by atoms with van der Waals surface area (Å²) in [6.07, 6.45) is 7.29. The quantitative estimate of drug-likeness (QED) is 0.731. The highest BCUT2D eigenvalue weighted by Crippen LogP contribution is 2.32. The number of hydrogen-bond acceptors (Lipinski definition) is 3. The van der Waals surface area contributed by atoms with Crippen LogP contribution in [0, 0.1) is 0 Å². The molecule has 0 amide bonds. The summed E-state index contributed by atoms with van der Waals surface area (Å²) in [6.45, 7) is 13.7. The average molecular weight is 303 g/mol. The van der Waals surface area contributed by atoms with Gasteiger partial charge in [0.15, 0.2) is 0 Å². The molecule has 2 rings (SSSR count). The Kier molecular flexibility index (Phi) is 6.25. The second-order valence-electron chi connectivity index (χ2n) is 7.09. The number of aromatic nitrogens is 1. The molecule has 3 nitrogen and oxygen atoms in total. The van der Waals surface area contributed by atoms with Gasteiger partial charge in [0.05, 0.1) is 0 Å². The zero-order chi connectivity index (χ0) is 16.1. The average Bonchev–Trinajstić information content (AvgIpc) is 2.93. The zero-order valence-electron chi connectivity index (χ0n) is 15.0. The number of likely N-dealkylation sites (tertiary alicyclic amines) is 1. The first-order valence-corrected chi connectivity index (χ1v) is 9.03. The van der Waals surface area contributed by atoms with Gasteiger partial charge < -0.3 is 4.90 Å². The van der Waals surface area contributed by atoms with Gasteiger partial charge in [0.1, 0.15) is 5.82 Å². The van der Waals surface area contributed by atoms with Crippen LogP contribution in [0.25, 0.3) is 0 Å². The summed E-state index contributed by atoms with van der Waals surface area (Å²) < 4.78 is 0. The number of nitrogens with zero attached hydrogens (tertiary/aromatic N) is 3. The molecule has 1 aromatic rings. The Morgan fingerprint density at radius 2 is 1.95 bits per heavy atom. The van der Waals surface area contributed by atoms with Gasteiger partial charge >= 0.3 is 0 Å². The molecule has 0 aliphatic carbocycles. The van der Waals surface area contributed by atoms with Crippen molar-refractivity contribution in [1.82, 2.24) is 9.88 Å². The minimum Gasteiger partial charge on any atom is -0.352 e. The molecule has 0 bridgehead atoms. The lowest BCUT2D eigenvalue weighted by Crippen LogP contribution is -2.37. The third-order valence-corrected chi connectivity index (χ3v) is 4.70. The Bertz CT molecular complexity index is 430. The molecule has 1 aliphatic heterocycles. The number of hydrogen-bond donors (Lipinski definition) is 0. The summed E-state index contributed by atoms with van der Waals surface area (Å²) in [5, 5.41) is 0. The van der Waals surface area contributed by atoms with Crippen LogP contribution in [0.3, 0.4) is 0 Å². The molecule has 2 heterocycles. The van der Waals surface area contributed by atoms with Crippen LogP contribution in [0.5, 0.6) is 0 Å². The van der Waals surface area contributed by atoms with Crippen LogP contribution in [0.15, 0.2) is 18.3 Å². The van der Waals surface area contributed by atoms with Crippen molar-refractivity contribution in [1.29, 1.82) is 0 Å². The molecule has 0 spiro atoms. The zero-order valence-corrected chi connectivity index (χ0v) is 15.0. The van der Waals surface area contributed by atoms with Gasteiger partial charge in [-0.05, 0) is 71.7 Å². The van der Waals surface area contributed by atoms with Crippen molar-refractivity contribution in [2.24, 2.45) is 0 Å². The monoisotopic (exact) mass is 303 g/mol. The highest BCUT2D eigenvalue weighted by Gasteiger charge is 2.26. The van der Waals surface area contributed by atoms with Gasteiger partial charge in [0, 0.05) is 24.3 Å². The second-order valence-corrected chi connectivity index (χ2v) is 7.09. The highest BCUT2D eigenvalue weighted by atomic mass is 15.2. The summed E-state index contributed by atoms with van der Waals surface area (Å²) in [5.74, 6) is 1.10. The molecule has 3 heteroatoms. The predicted molar refractivity (Wildman–Crippen MR) is 95.4 cm³/mol. The Morgan fingerprint density at radius 3 is 2.50 bits per heavy atom. The van der Waals surface area contributed by atoms with Crippen molar-refractivity contribution in [3.63, 3.8) is 0 Å². The molecule has 1 fully saturated rings. The third kappa shape index (κ3) is 4.01. The first-order valence-electron chi connectivity index (χ1n) is 9.03. The van der Waals surface area contributed by atoms with Crippen LogP contribution in [-0.4, -0.2) is 35.1 Å². The van der Waals surface area contributed by atoms with Gasteiger partial charge in [0.25, 0.3) is 0 Å². The van der Waals surface area contributed by atoms with Crippen molar-refractivity contribution in [3.8, 4) is 0 Å². The normalized spacial score (nSPS) is 19.3. The van der Waals surface area contributed by atoms with E-state index in [2.05, 4.69) is 62.7 Å². The van der Waals surface area contributed by atoms with E-state index < -0.39 is 0 Å². The molecule has 0 N–H and O–H groups in total. The summed E-state index contributed by atoms with van der Waals surface area (Å²) in [5.41, 5.74) is 1.39. The first kappa shape index (κ1) is 17.3. The van der Waals surface area contributed by atoms with Crippen LogP contribution in [0.4, 0.5) is 5.82 Å². The van der Waals surface area contributed by atoms with E-state index in [0.717, 1.165) is 5.82 Å². The molecule has 0 saturated carbocycles. The van der Waals surface area contributed by atoms with Crippen LogP contribution in [-0.2, 0) is 0 Å². The maximum absolute atomic E-state index is 4.78. The van der Waals surface area contributed by atoms with E-state index in [1.54, 1.807) is 0 Å². The third-order valence-electron chi connectivity index (χ3n) is 4.70. The molecule has 0 aromatic carbocycles. The van der Waals surface area contributed by atoms with Crippen LogP contribution >= 0.6 is 0 Å². The van der Waals surface area contributed by atoms with Gasteiger partial charge in [-0.1, -0.05) is 19.4 Å². The van der Waals surface area contributed by atoms with Crippen molar-refractivity contribution in [2.45, 2.75) is 78.4 Å². The lowest BCUT2D eigenvalue weighted by atomic mass is 10.1. The maximum atomic E-state index is 4.78. The number of unbranched alkanes of at least 4 members (excludes halogenated alkanes) is 1. The van der Waals surface area contributed by atoms with E-state index in [1.807, 2.05) is 0 Å². The fourth-order valence-electron chi connectivity index (χ4n) is 3.71. The summed E-state index contributed by atoms with van der Waals surface area (Å²) >= 11 is 0. The molecular formula is C19H33N3. The molecule has 0 radical (unpaired) electrons. The first-order chi connectivity index (χ1) is 10.5. The topological polar surface area (TPSA) is 19.4 Å². The van der Waals surface area contributed by atoms with Gasteiger partial charge in [-0.2, -0.15) is 0 Å². The molecule has 1 atom stereocenters. The van der Waals surface area contributed by atoms with Crippen LogP contribution < -0.4 is 4.90 Å². The van der Waals surface area contributed by atoms with E-state index in [1.165, 1.54) is 44.3 Å². The number of pyridine rings is 1. The molecule has 22 heavy (non-hydrogen) atoms. The predicted octanol–water partition coefficient (Wildman–Crippen LogP) is 4.64. The standard InChI is InChI=1S/C19H33N3/c1-6-7-12-21-13-8-9-18(21)17-10-11-19(20-14-17)22(15(2)3)16(4)5/h10-11,14-16,18H,6-9,12-13H2,1-5H3. The molecule has 1 unspecified atom stereocenters. The van der Waals surface area contributed by atoms with E-state index >= 15 is 0 Å². The van der Waals surface area contributed by atoms with Crippen LogP contribution in [0.1, 0.15) is 71.9 Å². The smallest absolute Gasteiger partial charge is 0.128 e. The SMILES string of the molecule is CCCCN1CCCC1c1ccc(N(C(C)C)C(C)C)nc1. The maximum Gasteiger partial charge on any atom is 0.128 e. The van der Waals surface area contributed by atoms with Gasteiger partial charge in [-0.15, -0.1) is 0 Å². The van der Waals surface area contributed by atoms with Gasteiger partial charge in [-0.3, -0.25) is 4.90 Å². The Morgan fingerprint density at radius 1 is 1.23 bits per heavy atom. The number of rotatable bonds is 7. The van der Waals surface area contributed by atoms with E-state index in [4.69, 9.17) is 4.98 Å². The van der Waals surface area contributed by atoms with Crippen molar-refractivity contribution in [3.05, 3.63) is 23.9 Å². The molecular weight excluding hydrogens is 270 g/mol. The minimum atomic E-state index is 0.478. The minimum absolute atomic E-state index is 0.478. The van der Waals surface area contributed by atoms with E-state index in [9.17, 15) is 0 Å². The fourth-order valence-corrected chi connectivity index (χ4v) is 3.71.